The fourth-order valence-corrected chi connectivity index (χ4v) is 2.54. The molecule has 0 aliphatic carbocycles. The Morgan fingerprint density at radius 3 is 1.28 bits per heavy atom. The third-order valence-electron chi connectivity index (χ3n) is 4.29. The summed E-state index contributed by atoms with van der Waals surface area (Å²) in [5.41, 5.74) is 3.62. The minimum atomic E-state index is -1.02. The molecule has 184 valence electrons. The second kappa shape index (κ2) is 21.5. The number of carbonyl (C=O) groups excluding carboxylic acids is 4. The Morgan fingerprint density at radius 2 is 0.906 bits per heavy atom. The highest BCUT2D eigenvalue weighted by molar-refractivity contribution is 5.92. The average Bonchev–Trinajstić information content (AvgIpc) is 2.78. The lowest BCUT2D eigenvalue weighted by atomic mass is 10.1. The lowest BCUT2D eigenvalue weighted by molar-refractivity contribution is -0.146. The summed E-state index contributed by atoms with van der Waals surface area (Å²) < 4.78 is 9.70. The smallest absolute Gasteiger partial charge is 0.440 e. The fourth-order valence-electron chi connectivity index (χ4n) is 2.54. The minimum Gasteiger partial charge on any atom is -0.447 e. The van der Waals surface area contributed by atoms with Crippen molar-refractivity contribution < 1.29 is 38.3 Å². The summed E-state index contributed by atoms with van der Waals surface area (Å²) in [6, 6.07) is 0. The lowest BCUT2D eigenvalue weighted by Crippen LogP contribution is -2.28. The zero-order chi connectivity index (χ0) is 23.9. The first-order valence-electron chi connectivity index (χ1n) is 11.4. The second-order valence-electron chi connectivity index (χ2n) is 7.19. The molecule has 0 aliphatic rings. The molecule has 0 rings (SSSR count). The molecule has 0 bridgehead atoms. The number of amides is 2. The molecule has 10 heteroatoms. The molecule has 0 atom stereocenters. The van der Waals surface area contributed by atoms with Gasteiger partial charge in [0.1, 0.15) is 0 Å². The average molecular weight is 459 g/mol. The molecule has 0 aromatic rings. The molecule has 10 nitrogen and oxygen atoms in total. The highest BCUT2D eigenvalue weighted by Gasteiger charge is 2.08. The van der Waals surface area contributed by atoms with Crippen molar-refractivity contribution in [3.63, 3.8) is 0 Å². The second-order valence-corrected chi connectivity index (χ2v) is 7.19. The van der Waals surface area contributed by atoms with Crippen LogP contribution in [0.15, 0.2) is 12.2 Å². The topological polar surface area (TPSA) is 129 Å². The standard InChI is InChI=1S/C22H38N2O8/c1-3-5-7-9-11-13-17-29-21(27)23-31-19(25)15-16-20(26)32-24-22(28)30-18-14-12-10-8-6-4-2/h15-16H,3-14,17-18H2,1-2H3,(H,23,27)(H,24,28)/b16-15+. The van der Waals surface area contributed by atoms with Crippen molar-refractivity contribution in [1.82, 2.24) is 11.0 Å². The zero-order valence-corrected chi connectivity index (χ0v) is 19.3. The van der Waals surface area contributed by atoms with Gasteiger partial charge in [-0.2, -0.15) is 0 Å². The molecule has 32 heavy (non-hydrogen) atoms. The quantitative estimate of drug-likeness (QED) is 0.148. The monoisotopic (exact) mass is 458 g/mol. The van der Waals surface area contributed by atoms with Crippen molar-refractivity contribution in [2.24, 2.45) is 0 Å². The van der Waals surface area contributed by atoms with E-state index in [9.17, 15) is 19.2 Å². The van der Waals surface area contributed by atoms with Crippen LogP contribution in [-0.2, 0) is 28.7 Å². The predicted octanol–water partition coefficient (Wildman–Crippen LogP) is 4.63. The normalized spacial score (nSPS) is 10.4. The van der Waals surface area contributed by atoms with Crippen LogP contribution in [0.25, 0.3) is 0 Å². The number of carbonyl (C=O) groups is 4. The summed E-state index contributed by atoms with van der Waals surface area (Å²) in [6.45, 7) is 4.72. The van der Waals surface area contributed by atoms with E-state index in [2.05, 4.69) is 23.5 Å². The van der Waals surface area contributed by atoms with Gasteiger partial charge in [0.25, 0.3) is 0 Å². The third-order valence-corrected chi connectivity index (χ3v) is 4.29. The van der Waals surface area contributed by atoms with E-state index < -0.39 is 24.1 Å². The van der Waals surface area contributed by atoms with Gasteiger partial charge in [-0.1, -0.05) is 78.1 Å². The van der Waals surface area contributed by atoms with Crippen molar-refractivity contribution in [3.8, 4) is 0 Å². The maximum absolute atomic E-state index is 11.4. The molecule has 0 spiro atoms. The van der Waals surface area contributed by atoms with Gasteiger partial charge in [-0.25, -0.2) is 19.2 Å². The van der Waals surface area contributed by atoms with Gasteiger partial charge >= 0.3 is 24.1 Å². The SMILES string of the molecule is CCCCCCCCOC(=O)NOC(=O)/C=C/C(=O)ONC(=O)OCCCCCCCC. The largest absolute Gasteiger partial charge is 0.447 e. The zero-order valence-electron chi connectivity index (χ0n) is 19.3. The van der Waals surface area contributed by atoms with E-state index in [1.54, 1.807) is 0 Å². The third kappa shape index (κ3) is 20.5. The highest BCUT2D eigenvalue weighted by atomic mass is 16.7. The summed E-state index contributed by atoms with van der Waals surface area (Å²) in [4.78, 5) is 54.5. The van der Waals surface area contributed by atoms with Crippen LogP contribution >= 0.6 is 0 Å². The summed E-state index contributed by atoms with van der Waals surface area (Å²) in [7, 11) is 0. The number of rotatable bonds is 16. The Kier molecular flexibility index (Phi) is 19.6. The van der Waals surface area contributed by atoms with Crippen molar-refractivity contribution in [2.75, 3.05) is 13.2 Å². The first-order valence-corrected chi connectivity index (χ1v) is 11.4. The van der Waals surface area contributed by atoms with Gasteiger partial charge in [0.15, 0.2) is 0 Å². The Bertz CT molecular complexity index is 518. The molecule has 0 fully saturated rings. The lowest BCUT2D eigenvalue weighted by Gasteiger charge is -2.06. The summed E-state index contributed by atoms with van der Waals surface area (Å²) >= 11 is 0. The van der Waals surface area contributed by atoms with Crippen molar-refractivity contribution in [2.45, 2.75) is 90.9 Å². The van der Waals surface area contributed by atoms with Crippen molar-refractivity contribution in [3.05, 3.63) is 12.2 Å². The fraction of sp³-hybridized carbons (Fsp3) is 0.727. The Morgan fingerprint density at radius 1 is 0.562 bits per heavy atom. The van der Waals surface area contributed by atoms with Crippen molar-refractivity contribution in [1.29, 1.82) is 0 Å². The van der Waals surface area contributed by atoms with E-state index in [-0.39, 0.29) is 13.2 Å². The van der Waals surface area contributed by atoms with Crippen LogP contribution in [0.4, 0.5) is 9.59 Å². The molecule has 0 radical (unpaired) electrons. The van der Waals surface area contributed by atoms with Crippen LogP contribution in [0, 0.1) is 0 Å². The van der Waals surface area contributed by atoms with Crippen LogP contribution in [0.2, 0.25) is 0 Å². The summed E-state index contributed by atoms with van der Waals surface area (Å²) in [6.07, 6.45) is 12.2. The number of hydroxylamine groups is 2. The van der Waals surface area contributed by atoms with E-state index >= 15 is 0 Å². The van der Waals surface area contributed by atoms with Gasteiger partial charge in [0.2, 0.25) is 0 Å². The number of ether oxygens (including phenoxy) is 2. The van der Waals surface area contributed by atoms with Gasteiger partial charge in [-0.15, -0.1) is 11.0 Å². The number of nitrogens with one attached hydrogen (secondary N) is 2. The Balaban J connectivity index is 3.72. The minimum absolute atomic E-state index is 0.221. The van der Waals surface area contributed by atoms with Gasteiger partial charge in [-0.05, 0) is 12.8 Å². The molecular formula is C22H38N2O8. The van der Waals surface area contributed by atoms with E-state index in [0.717, 1.165) is 63.5 Å². The molecule has 0 aromatic carbocycles. The molecule has 0 aromatic heterocycles. The summed E-state index contributed by atoms with van der Waals surface area (Å²) in [5, 5.41) is 0. The number of hydrogen-bond donors (Lipinski definition) is 2. The van der Waals surface area contributed by atoms with E-state index in [0.29, 0.717) is 0 Å². The first-order chi connectivity index (χ1) is 15.5. The molecular weight excluding hydrogens is 420 g/mol. The van der Waals surface area contributed by atoms with E-state index in [1.807, 2.05) is 11.0 Å². The van der Waals surface area contributed by atoms with Gasteiger partial charge in [-0.3, -0.25) is 0 Å². The maximum atomic E-state index is 11.4. The first kappa shape index (κ1) is 29.2. The van der Waals surface area contributed by atoms with E-state index in [4.69, 9.17) is 9.47 Å². The Hall–Kier alpha value is -2.78. The van der Waals surface area contributed by atoms with Crippen LogP contribution in [0.5, 0.6) is 0 Å². The number of unbranched alkanes of at least 4 members (excludes halogenated alkanes) is 10. The maximum Gasteiger partial charge on any atom is 0.440 e. The molecule has 0 unspecified atom stereocenters. The molecule has 0 saturated carbocycles. The molecule has 0 aliphatic heterocycles. The summed E-state index contributed by atoms with van der Waals surface area (Å²) in [5.74, 6) is -2.05. The van der Waals surface area contributed by atoms with Gasteiger partial charge in [0.05, 0.1) is 13.2 Å². The molecule has 2 N–H and O–H groups in total. The predicted molar refractivity (Wildman–Crippen MR) is 117 cm³/mol. The Labute approximate surface area is 190 Å². The van der Waals surface area contributed by atoms with Crippen LogP contribution in [0.1, 0.15) is 90.9 Å². The number of hydrogen-bond acceptors (Lipinski definition) is 8. The van der Waals surface area contributed by atoms with E-state index in [1.165, 1.54) is 25.7 Å². The van der Waals surface area contributed by atoms with Gasteiger partial charge in [0, 0.05) is 12.2 Å². The van der Waals surface area contributed by atoms with Crippen LogP contribution in [-0.4, -0.2) is 37.3 Å². The highest BCUT2D eigenvalue weighted by Crippen LogP contribution is 2.05. The van der Waals surface area contributed by atoms with Crippen LogP contribution in [0.3, 0.4) is 0 Å². The molecule has 2 amide bonds. The van der Waals surface area contributed by atoms with Crippen molar-refractivity contribution >= 4 is 24.1 Å². The molecule has 0 saturated heterocycles. The molecule has 0 heterocycles. The van der Waals surface area contributed by atoms with Gasteiger partial charge < -0.3 is 19.1 Å². The van der Waals surface area contributed by atoms with Crippen LogP contribution < -0.4 is 11.0 Å².